The Balaban J connectivity index is 1.41. The zero-order chi connectivity index (χ0) is 22.0. The highest BCUT2D eigenvalue weighted by Gasteiger charge is 2.32. The first-order valence-electron chi connectivity index (χ1n) is 10.4. The number of carbonyl (C=O) groups is 1. The summed E-state index contributed by atoms with van der Waals surface area (Å²) in [4.78, 5) is 17.5. The Bertz CT molecular complexity index is 1240. The first kappa shape index (κ1) is 21.1. The van der Waals surface area contributed by atoms with Gasteiger partial charge in [-0.25, -0.2) is 8.42 Å². The highest BCUT2D eigenvalue weighted by atomic mass is 32.2. The second kappa shape index (κ2) is 8.55. The van der Waals surface area contributed by atoms with Gasteiger partial charge >= 0.3 is 0 Å². The molecule has 162 valence electrons. The van der Waals surface area contributed by atoms with Gasteiger partial charge in [0.2, 0.25) is 5.91 Å². The molecule has 0 saturated heterocycles. The van der Waals surface area contributed by atoms with Gasteiger partial charge in [0.05, 0.1) is 4.90 Å². The molecule has 0 radical (unpaired) electrons. The first-order chi connectivity index (χ1) is 14.9. The maximum Gasteiger partial charge on any atom is 0.263 e. The normalized spacial score (nSPS) is 16.9. The number of nitrogens with zero attached hydrogens (tertiary/aromatic N) is 2. The summed E-state index contributed by atoms with van der Waals surface area (Å²) in [5.41, 5.74) is 1.67. The van der Waals surface area contributed by atoms with Crippen LogP contribution in [0.4, 0.5) is 0 Å². The number of sulfonamides is 1. The number of aliphatic imine (C=N–C) groups is 1. The standard InChI is InChI=1S/C23H26N4O3S/c1-16(2)21(25-22-18-9-4-6-11-20(18)31(29,30)26-22)23(28)24-13-7-14-27-15-12-17-8-3-5-10-19(17)27/h3-6,8-12,15-16,21H,7,13-14H2,1-2H3,(H,24,28)(H,25,26)/t21-/m0/s1. The van der Waals surface area contributed by atoms with Crippen molar-refractivity contribution < 1.29 is 13.2 Å². The number of hydrogen-bond acceptors (Lipinski definition) is 4. The van der Waals surface area contributed by atoms with Crippen molar-refractivity contribution in [1.82, 2.24) is 14.6 Å². The molecule has 2 N–H and O–H groups in total. The van der Waals surface area contributed by atoms with Crippen molar-refractivity contribution in [3.63, 3.8) is 0 Å². The lowest BCUT2D eigenvalue weighted by molar-refractivity contribution is -0.123. The number of amides is 1. The van der Waals surface area contributed by atoms with Crippen LogP contribution in [-0.4, -0.2) is 37.3 Å². The lowest BCUT2D eigenvalue weighted by Gasteiger charge is -2.17. The van der Waals surface area contributed by atoms with E-state index in [1.54, 1.807) is 18.2 Å². The number of carbonyl (C=O) groups excluding carboxylic acids is 1. The molecule has 0 aliphatic carbocycles. The Labute approximate surface area is 182 Å². The molecule has 2 aromatic carbocycles. The van der Waals surface area contributed by atoms with E-state index < -0.39 is 16.1 Å². The smallest absolute Gasteiger partial charge is 0.263 e. The Morgan fingerprint density at radius 1 is 1.10 bits per heavy atom. The van der Waals surface area contributed by atoms with E-state index >= 15 is 0 Å². The number of benzene rings is 2. The van der Waals surface area contributed by atoms with E-state index in [9.17, 15) is 13.2 Å². The Morgan fingerprint density at radius 3 is 2.65 bits per heavy atom. The topological polar surface area (TPSA) is 92.6 Å². The second-order valence-corrected chi connectivity index (χ2v) is 9.63. The van der Waals surface area contributed by atoms with Gasteiger partial charge in [0.15, 0.2) is 0 Å². The van der Waals surface area contributed by atoms with Gasteiger partial charge in [0.1, 0.15) is 11.9 Å². The molecule has 0 fully saturated rings. The van der Waals surface area contributed by atoms with E-state index in [0.717, 1.165) is 13.0 Å². The first-order valence-corrected chi connectivity index (χ1v) is 11.9. The van der Waals surface area contributed by atoms with Gasteiger partial charge in [0.25, 0.3) is 10.0 Å². The lowest BCUT2D eigenvalue weighted by atomic mass is 10.0. The third-order valence-electron chi connectivity index (χ3n) is 5.39. The van der Waals surface area contributed by atoms with Crippen LogP contribution in [0.5, 0.6) is 0 Å². The Hall–Kier alpha value is -3.13. The number of aryl methyl sites for hydroxylation is 1. The lowest BCUT2D eigenvalue weighted by Crippen LogP contribution is -2.39. The molecule has 0 saturated carbocycles. The molecule has 0 unspecified atom stereocenters. The van der Waals surface area contributed by atoms with Crippen LogP contribution in [0.1, 0.15) is 25.8 Å². The minimum absolute atomic E-state index is 0.0850. The van der Waals surface area contributed by atoms with Crippen molar-refractivity contribution in [3.8, 4) is 0 Å². The Kier molecular flexibility index (Phi) is 5.82. The van der Waals surface area contributed by atoms with E-state index in [2.05, 4.69) is 44.0 Å². The molecule has 1 aliphatic rings. The molecule has 3 aromatic rings. The van der Waals surface area contributed by atoms with Crippen LogP contribution in [-0.2, 0) is 21.4 Å². The van der Waals surface area contributed by atoms with E-state index in [4.69, 9.17) is 0 Å². The Morgan fingerprint density at radius 2 is 1.84 bits per heavy atom. The van der Waals surface area contributed by atoms with E-state index in [-0.39, 0.29) is 22.6 Å². The van der Waals surface area contributed by atoms with Crippen molar-refractivity contribution >= 4 is 32.7 Å². The van der Waals surface area contributed by atoms with Crippen LogP contribution >= 0.6 is 0 Å². The summed E-state index contributed by atoms with van der Waals surface area (Å²) >= 11 is 0. The van der Waals surface area contributed by atoms with Crippen molar-refractivity contribution in [2.45, 2.75) is 37.8 Å². The molecule has 31 heavy (non-hydrogen) atoms. The minimum Gasteiger partial charge on any atom is -0.354 e. The molecule has 1 aromatic heterocycles. The average Bonchev–Trinajstić information content (AvgIpc) is 3.27. The molecule has 4 rings (SSSR count). The van der Waals surface area contributed by atoms with Gasteiger partial charge in [-0.1, -0.05) is 44.2 Å². The van der Waals surface area contributed by atoms with Crippen LogP contribution in [0.2, 0.25) is 0 Å². The zero-order valence-corrected chi connectivity index (χ0v) is 18.4. The quantitative estimate of drug-likeness (QED) is 0.556. The number of fused-ring (bicyclic) bond motifs is 2. The third-order valence-corrected chi connectivity index (χ3v) is 6.78. The maximum absolute atomic E-state index is 12.8. The number of aromatic nitrogens is 1. The summed E-state index contributed by atoms with van der Waals surface area (Å²) in [5.74, 6) is -0.0649. The van der Waals surface area contributed by atoms with Gasteiger partial charge < -0.3 is 9.88 Å². The van der Waals surface area contributed by atoms with E-state index in [0.29, 0.717) is 12.1 Å². The van der Waals surface area contributed by atoms with Crippen molar-refractivity contribution in [1.29, 1.82) is 0 Å². The molecule has 1 atom stereocenters. The van der Waals surface area contributed by atoms with Crippen LogP contribution in [0.25, 0.3) is 10.9 Å². The highest BCUT2D eigenvalue weighted by molar-refractivity contribution is 7.90. The van der Waals surface area contributed by atoms with Crippen LogP contribution < -0.4 is 10.0 Å². The predicted molar refractivity (Wildman–Crippen MR) is 121 cm³/mol. The van der Waals surface area contributed by atoms with Crippen LogP contribution in [0.3, 0.4) is 0 Å². The molecule has 0 spiro atoms. The minimum atomic E-state index is -3.63. The van der Waals surface area contributed by atoms with Crippen molar-refractivity contribution in [3.05, 3.63) is 66.4 Å². The third kappa shape index (κ3) is 4.34. The summed E-state index contributed by atoms with van der Waals surface area (Å²) in [6, 6.07) is 16.3. The van der Waals surface area contributed by atoms with Crippen LogP contribution in [0.15, 0.2) is 70.7 Å². The van der Waals surface area contributed by atoms with Gasteiger partial charge in [-0.15, -0.1) is 0 Å². The van der Waals surface area contributed by atoms with Gasteiger partial charge in [-0.05, 0) is 42.0 Å². The molecule has 0 bridgehead atoms. The largest absolute Gasteiger partial charge is 0.354 e. The highest BCUT2D eigenvalue weighted by Crippen LogP contribution is 2.23. The molecule has 7 nitrogen and oxygen atoms in total. The monoisotopic (exact) mass is 438 g/mol. The summed E-state index contributed by atoms with van der Waals surface area (Å²) in [6.45, 7) is 5.11. The molecular formula is C23H26N4O3S. The second-order valence-electron chi connectivity index (χ2n) is 7.98. The molecule has 8 heteroatoms. The molecule has 2 heterocycles. The van der Waals surface area contributed by atoms with E-state index in [1.807, 2.05) is 26.0 Å². The van der Waals surface area contributed by atoms with Crippen molar-refractivity contribution in [2.75, 3.05) is 6.54 Å². The number of para-hydroxylation sites is 1. The molecule has 1 aliphatic heterocycles. The number of amidine groups is 1. The van der Waals surface area contributed by atoms with Gasteiger partial charge in [-0.3, -0.25) is 14.5 Å². The fraction of sp³-hybridized carbons (Fsp3) is 0.304. The van der Waals surface area contributed by atoms with Crippen LogP contribution in [0, 0.1) is 5.92 Å². The summed E-state index contributed by atoms with van der Waals surface area (Å²) in [6.07, 6.45) is 2.83. The molecule has 1 amide bonds. The zero-order valence-electron chi connectivity index (χ0n) is 17.6. The average molecular weight is 439 g/mol. The summed E-state index contributed by atoms with van der Waals surface area (Å²) in [5, 5.41) is 4.15. The van der Waals surface area contributed by atoms with Gasteiger partial charge in [0, 0.05) is 30.4 Å². The SMILES string of the molecule is CC(C)[C@H](N=C1NS(=O)(=O)c2ccccc21)C(=O)NCCCn1ccc2ccccc21. The molecular weight excluding hydrogens is 412 g/mol. The maximum atomic E-state index is 12.8. The number of nitrogens with one attached hydrogen (secondary N) is 2. The van der Waals surface area contributed by atoms with E-state index in [1.165, 1.54) is 17.0 Å². The van der Waals surface area contributed by atoms with Gasteiger partial charge in [-0.2, -0.15) is 0 Å². The fourth-order valence-electron chi connectivity index (χ4n) is 3.78. The summed E-state index contributed by atoms with van der Waals surface area (Å²) in [7, 11) is -3.63. The fourth-order valence-corrected chi connectivity index (χ4v) is 5.02. The number of hydrogen-bond donors (Lipinski definition) is 2. The number of rotatable bonds is 7. The van der Waals surface area contributed by atoms with Crippen molar-refractivity contribution in [2.24, 2.45) is 10.9 Å². The predicted octanol–water partition coefficient (Wildman–Crippen LogP) is 2.91. The summed E-state index contributed by atoms with van der Waals surface area (Å²) < 4.78 is 29.3.